The Hall–Kier alpha value is -2.86. The maximum absolute atomic E-state index is 13.1. The van der Waals surface area contributed by atoms with Gasteiger partial charge in [0.05, 0.1) is 0 Å². The second-order valence-corrected chi connectivity index (χ2v) is 8.36. The number of nitrogens with one attached hydrogen (secondary N) is 1. The van der Waals surface area contributed by atoms with Crippen LogP contribution in [-0.4, -0.2) is 33.4 Å². The quantitative estimate of drug-likeness (QED) is 0.579. The maximum Gasteiger partial charge on any atom is 0.331 e. The minimum Gasteiger partial charge on any atom is -0.318 e. The second kappa shape index (κ2) is 8.11. The van der Waals surface area contributed by atoms with Crippen molar-refractivity contribution in [2.75, 3.05) is 0 Å². The van der Waals surface area contributed by atoms with Gasteiger partial charge >= 0.3 is 6.03 Å². The molecule has 1 saturated carbocycles. The van der Waals surface area contributed by atoms with E-state index in [0.717, 1.165) is 54.7 Å². The molecule has 4 amide bonds. The number of barbiturate groups is 1. The molecule has 1 N–H and O–H groups in total. The van der Waals surface area contributed by atoms with E-state index >= 15 is 0 Å². The summed E-state index contributed by atoms with van der Waals surface area (Å²) < 4.78 is 2.04. The van der Waals surface area contributed by atoms with Crippen LogP contribution in [0, 0.1) is 13.8 Å². The monoisotopic (exact) mass is 425 g/mol. The van der Waals surface area contributed by atoms with Crippen LogP contribution in [0.1, 0.15) is 49.1 Å². The van der Waals surface area contributed by atoms with E-state index in [9.17, 15) is 14.4 Å². The first kappa shape index (κ1) is 20.4. The van der Waals surface area contributed by atoms with Crippen molar-refractivity contribution in [2.45, 2.75) is 52.0 Å². The van der Waals surface area contributed by atoms with E-state index < -0.39 is 17.8 Å². The highest BCUT2D eigenvalue weighted by Gasteiger charge is 2.40. The van der Waals surface area contributed by atoms with Gasteiger partial charge in [0.25, 0.3) is 11.8 Å². The number of aromatic nitrogens is 1. The first-order valence-electron chi connectivity index (χ1n) is 10.2. The Morgan fingerprint density at radius 3 is 2.37 bits per heavy atom. The molecule has 1 aromatic carbocycles. The number of carbonyl (C=O) groups excluding carboxylic acids is 3. The summed E-state index contributed by atoms with van der Waals surface area (Å²) in [6.07, 6.45) is 6.23. The number of urea groups is 1. The van der Waals surface area contributed by atoms with E-state index in [2.05, 4.69) is 5.32 Å². The number of halogens is 1. The predicted octanol–water partition coefficient (Wildman–Crippen LogP) is 4.54. The van der Waals surface area contributed by atoms with Crippen molar-refractivity contribution < 1.29 is 14.4 Å². The second-order valence-electron chi connectivity index (χ2n) is 7.92. The number of amides is 4. The minimum absolute atomic E-state index is 0.00321. The highest BCUT2D eigenvalue weighted by Crippen LogP contribution is 2.28. The minimum atomic E-state index is -0.645. The van der Waals surface area contributed by atoms with Crippen LogP contribution in [0.15, 0.2) is 35.9 Å². The smallest absolute Gasteiger partial charge is 0.318 e. The van der Waals surface area contributed by atoms with Gasteiger partial charge in [-0.25, -0.2) is 4.79 Å². The maximum atomic E-state index is 13.1. The molecular weight excluding hydrogens is 402 g/mol. The molecule has 1 aliphatic heterocycles. The number of imide groups is 2. The molecule has 0 bridgehead atoms. The van der Waals surface area contributed by atoms with E-state index in [-0.39, 0.29) is 11.6 Å². The summed E-state index contributed by atoms with van der Waals surface area (Å²) >= 11 is 6.00. The van der Waals surface area contributed by atoms with Crippen LogP contribution in [0.4, 0.5) is 4.79 Å². The Labute approximate surface area is 180 Å². The van der Waals surface area contributed by atoms with Crippen LogP contribution in [-0.2, 0) is 9.59 Å². The molecule has 7 heteroatoms. The van der Waals surface area contributed by atoms with Crippen LogP contribution in [0.5, 0.6) is 0 Å². The van der Waals surface area contributed by atoms with Crippen LogP contribution in [0.3, 0.4) is 0 Å². The van der Waals surface area contributed by atoms with Crippen molar-refractivity contribution in [3.05, 3.63) is 57.9 Å². The SMILES string of the molecule is Cc1cc(/C=C2/C(=O)NC(=O)N(C3CCCCC3)C2=O)c(C)n1-c1ccc(Cl)cc1. The summed E-state index contributed by atoms with van der Waals surface area (Å²) in [6.45, 7) is 3.90. The Morgan fingerprint density at radius 2 is 1.70 bits per heavy atom. The van der Waals surface area contributed by atoms with Crippen molar-refractivity contribution in [1.29, 1.82) is 0 Å². The third-order valence-corrected chi connectivity index (χ3v) is 6.18. The van der Waals surface area contributed by atoms with Crippen molar-refractivity contribution in [3.63, 3.8) is 0 Å². The standard InChI is InChI=1S/C23H24ClN3O3/c1-14-12-16(15(2)26(14)19-10-8-17(24)9-11-19)13-20-21(28)25-23(30)27(22(20)29)18-6-4-3-5-7-18/h8-13,18H,3-7H2,1-2H3,(H,25,28,30)/b20-13-. The molecule has 0 spiro atoms. The van der Waals surface area contributed by atoms with Crippen LogP contribution in [0.25, 0.3) is 11.8 Å². The molecule has 4 rings (SSSR count). The van der Waals surface area contributed by atoms with E-state index in [1.807, 2.05) is 48.7 Å². The molecule has 0 unspecified atom stereocenters. The summed E-state index contributed by atoms with van der Waals surface area (Å²) in [7, 11) is 0. The highest BCUT2D eigenvalue weighted by atomic mass is 35.5. The summed E-state index contributed by atoms with van der Waals surface area (Å²) in [4.78, 5) is 39.2. The number of hydrogen-bond acceptors (Lipinski definition) is 3. The van der Waals surface area contributed by atoms with Gasteiger partial charge in [-0.15, -0.1) is 0 Å². The van der Waals surface area contributed by atoms with E-state index in [4.69, 9.17) is 11.6 Å². The molecule has 2 aromatic rings. The first-order valence-corrected chi connectivity index (χ1v) is 10.6. The molecular formula is C23H24ClN3O3. The fraction of sp³-hybridized carbons (Fsp3) is 0.348. The van der Waals surface area contributed by atoms with Crippen LogP contribution >= 0.6 is 11.6 Å². The Morgan fingerprint density at radius 1 is 1.03 bits per heavy atom. The van der Waals surface area contributed by atoms with Gasteiger partial charge in [0.15, 0.2) is 0 Å². The Kier molecular flexibility index (Phi) is 5.52. The molecule has 6 nitrogen and oxygen atoms in total. The van der Waals surface area contributed by atoms with Crippen molar-refractivity contribution in [2.24, 2.45) is 0 Å². The lowest BCUT2D eigenvalue weighted by atomic mass is 9.93. The first-order chi connectivity index (χ1) is 14.4. The Balaban J connectivity index is 1.70. The fourth-order valence-electron chi connectivity index (χ4n) is 4.42. The van der Waals surface area contributed by atoms with Crippen molar-refractivity contribution >= 4 is 35.5 Å². The van der Waals surface area contributed by atoms with Crippen molar-refractivity contribution in [1.82, 2.24) is 14.8 Å². The number of carbonyl (C=O) groups is 3. The van der Waals surface area contributed by atoms with Gasteiger partial charge in [0.1, 0.15) is 5.57 Å². The lowest BCUT2D eigenvalue weighted by Crippen LogP contribution is -2.58. The zero-order chi connectivity index (χ0) is 21.4. The lowest BCUT2D eigenvalue weighted by molar-refractivity contribution is -0.132. The number of rotatable bonds is 3. The molecule has 30 heavy (non-hydrogen) atoms. The number of nitrogens with zero attached hydrogens (tertiary/aromatic N) is 2. The van der Waals surface area contributed by atoms with E-state index in [1.54, 1.807) is 6.08 Å². The zero-order valence-corrected chi connectivity index (χ0v) is 17.8. The molecule has 1 saturated heterocycles. The number of aryl methyl sites for hydroxylation is 1. The molecule has 1 aromatic heterocycles. The predicted molar refractivity (Wildman–Crippen MR) is 115 cm³/mol. The average molecular weight is 426 g/mol. The molecule has 2 fully saturated rings. The summed E-state index contributed by atoms with van der Waals surface area (Å²) in [5, 5.41) is 3.00. The fourth-order valence-corrected chi connectivity index (χ4v) is 4.54. The van der Waals surface area contributed by atoms with E-state index in [0.29, 0.717) is 5.02 Å². The molecule has 2 heterocycles. The molecule has 0 atom stereocenters. The van der Waals surface area contributed by atoms with Gasteiger partial charge in [-0.1, -0.05) is 30.9 Å². The van der Waals surface area contributed by atoms with Gasteiger partial charge in [-0.3, -0.25) is 19.8 Å². The topological polar surface area (TPSA) is 71.4 Å². The molecule has 156 valence electrons. The Bertz CT molecular complexity index is 1050. The van der Waals surface area contributed by atoms with Gasteiger partial charge < -0.3 is 4.57 Å². The zero-order valence-electron chi connectivity index (χ0n) is 17.1. The molecule has 1 aliphatic carbocycles. The van der Waals surface area contributed by atoms with Crippen molar-refractivity contribution in [3.8, 4) is 5.69 Å². The highest BCUT2D eigenvalue weighted by molar-refractivity contribution is 6.31. The summed E-state index contributed by atoms with van der Waals surface area (Å²) in [6, 6.07) is 8.64. The van der Waals surface area contributed by atoms with Gasteiger partial charge in [0, 0.05) is 28.1 Å². The van der Waals surface area contributed by atoms with Crippen LogP contribution < -0.4 is 5.32 Å². The van der Waals surface area contributed by atoms with E-state index in [1.165, 1.54) is 4.90 Å². The number of benzene rings is 1. The van der Waals surface area contributed by atoms with Gasteiger partial charge in [0.2, 0.25) is 0 Å². The number of hydrogen-bond donors (Lipinski definition) is 1. The van der Waals surface area contributed by atoms with Gasteiger partial charge in [-0.2, -0.15) is 0 Å². The molecule has 0 radical (unpaired) electrons. The van der Waals surface area contributed by atoms with Crippen LogP contribution in [0.2, 0.25) is 5.02 Å². The summed E-state index contributed by atoms with van der Waals surface area (Å²) in [5.74, 6) is -1.15. The lowest BCUT2D eigenvalue weighted by Gasteiger charge is -2.35. The third kappa shape index (κ3) is 3.67. The third-order valence-electron chi connectivity index (χ3n) is 5.93. The van der Waals surface area contributed by atoms with Gasteiger partial charge in [-0.05, 0) is 68.7 Å². The normalized spacial score (nSPS) is 19.5. The average Bonchev–Trinajstić information content (AvgIpc) is 3.00. The molecule has 2 aliphatic rings. The largest absolute Gasteiger partial charge is 0.331 e. The summed E-state index contributed by atoms with van der Waals surface area (Å²) in [5.41, 5.74) is 3.56.